The zero-order valence-electron chi connectivity index (χ0n) is 8.60. The Morgan fingerprint density at radius 3 is 2.40 bits per heavy atom. The highest BCUT2D eigenvalue weighted by Gasteiger charge is 2.35. The molecule has 0 aliphatic rings. The molecule has 0 radical (unpaired) electrons. The van der Waals surface area contributed by atoms with E-state index in [4.69, 9.17) is 16.7 Å². The van der Waals surface area contributed by atoms with Gasteiger partial charge in [-0.2, -0.15) is 8.78 Å². The van der Waals surface area contributed by atoms with E-state index in [2.05, 4.69) is 0 Å². The molecule has 15 heavy (non-hydrogen) atoms. The summed E-state index contributed by atoms with van der Waals surface area (Å²) in [6, 6.07) is 5.33. The molecular formula is C11H13ClF2O. The van der Waals surface area contributed by atoms with Gasteiger partial charge in [0.1, 0.15) is 6.10 Å². The normalized spacial score (nSPS) is 14.0. The zero-order valence-corrected chi connectivity index (χ0v) is 9.35. The van der Waals surface area contributed by atoms with Gasteiger partial charge in [0.25, 0.3) is 0 Å². The van der Waals surface area contributed by atoms with Crippen LogP contribution in [0.25, 0.3) is 0 Å². The largest absolute Gasteiger partial charge is 0.385 e. The quantitative estimate of drug-likeness (QED) is 0.797. The van der Waals surface area contributed by atoms with Crippen molar-refractivity contribution in [2.75, 3.05) is 0 Å². The topological polar surface area (TPSA) is 20.2 Å². The molecule has 1 N–H and O–H groups in total. The summed E-state index contributed by atoms with van der Waals surface area (Å²) in [5, 5.41) is 5.55. The number of aliphatic hydroxyl groups excluding tert-OH is 1. The van der Waals surface area contributed by atoms with Gasteiger partial charge in [-0.25, -0.2) is 0 Å². The van der Waals surface area contributed by atoms with Crippen LogP contribution in [-0.2, 0) is 6.42 Å². The molecule has 1 nitrogen and oxygen atoms in total. The third-order valence-corrected chi connectivity index (χ3v) is 2.63. The molecule has 1 aromatic carbocycles. The van der Waals surface area contributed by atoms with Crippen molar-refractivity contribution in [3.63, 3.8) is 0 Å². The fraction of sp³-hybridized carbons (Fsp3) is 0.455. The molecule has 0 aromatic heterocycles. The van der Waals surface area contributed by atoms with Gasteiger partial charge in [0.05, 0.1) is 0 Å². The number of benzene rings is 1. The molecule has 0 aliphatic carbocycles. The summed E-state index contributed by atoms with van der Waals surface area (Å²) in [6.07, 6.45) is -1.99. The van der Waals surface area contributed by atoms with E-state index in [1.165, 1.54) is 0 Å². The minimum Gasteiger partial charge on any atom is -0.385 e. The fourth-order valence-corrected chi connectivity index (χ4v) is 1.35. The Morgan fingerprint density at radius 1 is 1.33 bits per heavy atom. The first-order valence-corrected chi connectivity index (χ1v) is 4.99. The van der Waals surface area contributed by atoms with Crippen molar-refractivity contribution in [2.24, 2.45) is 0 Å². The summed E-state index contributed by atoms with van der Waals surface area (Å²) < 4.78 is 25.0. The summed E-state index contributed by atoms with van der Waals surface area (Å²) in [6.45, 7) is 3.83. The molecule has 0 aliphatic heterocycles. The number of halogens is 3. The number of aryl methyl sites for hydroxylation is 2. The van der Waals surface area contributed by atoms with E-state index in [1.54, 1.807) is 12.1 Å². The molecule has 0 saturated carbocycles. The summed E-state index contributed by atoms with van der Waals surface area (Å²) in [4.78, 5) is 0. The van der Waals surface area contributed by atoms with Crippen LogP contribution in [0, 0.1) is 13.8 Å². The van der Waals surface area contributed by atoms with E-state index in [9.17, 15) is 8.78 Å². The fourth-order valence-electron chi connectivity index (χ4n) is 1.27. The number of aliphatic hydroxyl groups is 1. The van der Waals surface area contributed by atoms with E-state index in [1.807, 2.05) is 19.9 Å². The van der Waals surface area contributed by atoms with E-state index in [0.717, 1.165) is 11.1 Å². The highest BCUT2D eigenvalue weighted by atomic mass is 35.5. The maximum Gasteiger partial charge on any atom is 0.347 e. The first-order valence-electron chi connectivity index (χ1n) is 4.61. The van der Waals surface area contributed by atoms with Gasteiger partial charge in [-0.3, -0.25) is 0 Å². The minimum atomic E-state index is -3.57. The van der Waals surface area contributed by atoms with Crippen LogP contribution in [0.15, 0.2) is 18.2 Å². The molecule has 84 valence electrons. The van der Waals surface area contributed by atoms with Crippen LogP contribution in [0.4, 0.5) is 8.78 Å². The van der Waals surface area contributed by atoms with Crippen molar-refractivity contribution in [3.05, 3.63) is 34.9 Å². The van der Waals surface area contributed by atoms with Gasteiger partial charge >= 0.3 is 5.38 Å². The smallest absolute Gasteiger partial charge is 0.347 e. The van der Waals surface area contributed by atoms with Gasteiger partial charge in [-0.15, -0.1) is 0 Å². The van der Waals surface area contributed by atoms with Crippen LogP contribution in [0.1, 0.15) is 16.7 Å². The molecule has 0 heterocycles. The molecule has 1 atom stereocenters. The van der Waals surface area contributed by atoms with Gasteiger partial charge in [0.15, 0.2) is 0 Å². The van der Waals surface area contributed by atoms with Crippen LogP contribution in [0.3, 0.4) is 0 Å². The van der Waals surface area contributed by atoms with Crippen molar-refractivity contribution in [2.45, 2.75) is 31.8 Å². The molecule has 0 fully saturated rings. The van der Waals surface area contributed by atoms with Crippen LogP contribution in [-0.4, -0.2) is 16.6 Å². The predicted octanol–water partition coefficient (Wildman–Crippen LogP) is 3.04. The highest BCUT2D eigenvalue weighted by Crippen LogP contribution is 2.26. The lowest BCUT2D eigenvalue weighted by Crippen LogP contribution is -2.29. The average molecular weight is 235 g/mol. The van der Waals surface area contributed by atoms with E-state index in [-0.39, 0.29) is 6.42 Å². The van der Waals surface area contributed by atoms with Crippen molar-refractivity contribution < 1.29 is 13.9 Å². The third-order valence-electron chi connectivity index (χ3n) is 2.38. The second-order valence-corrected chi connectivity index (χ2v) is 4.18. The third kappa shape index (κ3) is 3.43. The van der Waals surface area contributed by atoms with Gasteiger partial charge in [0.2, 0.25) is 0 Å². The summed E-state index contributed by atoms with van der Waals surface area (Å²) in [5.41, 5.74) is 2.76. The molecule has 0 spiro atoms. The maximum atomic E-state index is 12.5. The molecule has 4 heteroatoms. The molecular weight excluding hydrogens is 222 g/mol. The standard InChI is InChI=1S/C11H13ClF2O/c1-7-3-4-9(5-8(7)2)6-10(15)11(12,13)14/h3-5,10,15H,6H2,1-2H3. The summed E-state index contributed by atoms with van der Waals surface area (Å²) in [7, 11) is 0. The Labute approximate surface area is 92.7 Å². The molecule has 1 unspecified atom stereocenters. The zero-order chi connectivity index (χ0) is 11.6. The predicted molar refractivity (Wildman–Crippen MR) is 56.4 cm³/mol. The van der Waals surface area contributed by atoms with Crippen LogP contribution >= 0.6 is 11.6 Å². The first kappa shape index (κ1) is 12.4. The number of alkyl halides is 3. The molecule has 0 bridgehead atoms. The Hall–Kier alpha value is -0.670. The van der Waals surface area contributed by atoms with E-state index < -0.39 is 11.5 Å². The van der Waals surface area contributed by atoms with E-state index >= 15 is 0 Å². The van der Waals surface area contributed by atoms with Crippen molar-refractivity contribution >= 4 is 11.6 Å². The average Bonchev–Trinajstić information content (AvgIpc) is 2.10. The number of hydrogen-bond acceptors (Lipinski definition) is 1. The van der Waals surface area contributed by atoms with Crippen LogP contribution in [0.5, 0.6) is 0 Å². The minimum absolute atomic E-state index is 0.141. The van der Waals surface area contributed by atoms with Gasteiger partial charge in [0, 0.05) is 6.42 Å². The van der Waals surface area contributed by atoms with Crippen LogP contribution < -0.4 is 0 Å². The van der Waals surface area contributed by atoms with E-state index in [0.29, 0.717) is 5.56 Å². The van der Waals surface area contributed by atoms with Crippen LogP contribution in [0.2, 0.25) is 0 Å². The molecule has 0 saturated heterocycles. The first-order chi connectivity index (χ1) is 6.80. The highest BCUT2D eigenvalue weighted by molar-refractivity contribution is 6.22. The van der Waals surface area contributed by atoms with Gasteiger partial charge in [-0.05, 0) is 42.1 Å². The number of hydrogen-bond donors (Lipinski definition) is 1. The Bertz CT molecular complexity index is 347. The summed E-state index contributed by atoms with van der Waals surface area (Å²) in [5.74, 6) is 0. The van der Waals surface area contributed by atoms with Gasteiger partial charge < -0.3 is 5.11 Å². The molecule has 0 amide bonds. The van der Waals surface area contributed by atoms with Crippen molar-refractivity contribution in [1.29, 1.82) is 0 Å². The SMILES string of the molecule is Cc1ccc(CC(O)C(F)(F)Cl)cc1C. The summed E-state index contributed by atoms with van der Waals surface area (Å²) >= 11 is 4.72. The Morgan fingerprint density at radius 2 is 1.93 bits per heavy atom. The second-order valence-electron chi connectivity index (χ2n) is 3.68. The van der Waals surface area contributed by atoms with Gasteiger partial charge in [-0.1, -0.05) is 18.2 Å². The molecule has 1 rings (SSSR count). The maximum absolute atomic E-state index is 12.5. The Balaban J connectivity index is 2.78. The Kier molecular flexibility index (Phi) is 3.68. The lowest BCUT2D eigenvalue weighted by atomic mass is 10.0. The monoisotopic (exact) mass is 234 g/mol. The molecule has 1 aromatic rings. The lowest BCUT2D eigenvalue weighted by molar-refractivity contribution is -0.0397. The number of rotatable bonds is 3. The lowest BCUT2D eigenvalue weighted by Gasteiger charge is -2.16. The second kappa shape index (κ2) is 4.45. The van der Waals surface area contributed by atoms with Crippen molar-refractivity contribution in [3.8, 4) is 0 Å². The van der Waals surface area contributed by atoms with Crippen molar-refractivity contribution in [1.82, 2.24) is 0 Å².